The van der Waals surface area contributed by atoms with Gasteiger partial charge in [-0.15, -0.1) is 0 Å². The molecule has 5 heteroatoms. The van der Waals surface area contributed by atoms with E-state index in [1.54, 1.807) is 0 Å². The number of carbonyl (C=O) groups excluding carboxylic acids is 1. The van der Waals surface area contributed by atoms with Gasteiger partial charge < -0.3 is 19.1 Å². The molecule has 5 nitrogen and oxygen atoms in total. The van der Waals surface area contributed by atoms with E-state index in [1.165, 1.54) is 0 Å². The molecule has 146 valence electrons. The molecule has 0 aliphatic carbocycles. The number of carbonyl (C=O) groups is 1. The number of rotatable bonds is 4. The topological polar surface area (TPSA) is 37.7 Å². The molecule has 0 radical (unpaired) electrons. The largest absolute Gasteiger partial charge is 0.490 e. The monoisotopic (exact) mass is 369 g/mol. The predicted molar refractivity (Wildman–Crippen MR) is 109 cm³/mol. The van der Waals surface area contributed by atoms with Gasteiger partial charge in [-0.3, -0.25) is 4.79 Å². The fourth-order valence-corrected chi connectivity index (χ4v) is 4.55. The number of ether oxygens (including phenoxy) is 1. The van der Waals surface area contributed by atoms with Gasteiger partial charge in [-0.2, -0.15) is 0 Å². The highest BCUT2D eigenvalue weighted by Gasteiger charge is 2.30. The second-order valence-electron chi connectivity index (χ2n) is 8.26. The Bertz CT molecular complexity index is 833. The number of likely N-dealkylation sites (N-methyl/N-ethyl adjacent to an activating group) is 1. The van der Waals surface area contributed by atoms with Crippen LogP contribution in [0.25, 0.3) is 10.9 Å². The summed E-state index contributed by atoms with van der Waals surface area (Å²) in [7, 11) is 0. The smallest absolute Gasteiger partial charge is 0.270 e. The summed E-state index contributed by atoms with van der Waals surface area (Å²) in [6.45, 7) is 12.5. The van der Waals surface area contributed by atoms with Crippen LogP contribution in [-0.4, -0.2) is 58.6 Å². The molecule has 1 fully saturated rings. The number of hydrogen-bond acceptors (Lipinski definition) is 3. The lowest BCUT2D eigenvalue weighted by Gasteiger charge is -2.34. The molecule has 0 bridgehead atoms. The first kappa shape index (κ1) is 18.4. The Hall–Kier alpha value is -2.01. The molecule has 2 aliphatic heterocycles. The molecule has 0 unspecified atom stereocenters. The fraction of sp³-hybridized carbons (Fsp3) is 0.591. The molecule has 4 rings (SSSR count). The third-order valence-corrected chi connectivity index (χ3v) is 6.13. The van der Waals surface area contributed by atoms with Crippen LogP contribution < -0.4 is 4.74 Å². The van der Waals surface area contributed by atoms with Crippen LogP contribution >= 0.6 is 0 Å². The third kappa shape index (κ3) is 3.33. The quantitative estimate of drug-likeness (QED) is 0.819. The third-order valence-electron chi connectivity index (χ3n) is 6.13. The Morgan fingerprint density at radius 3 is 2.59 bits per heavy atom. The van der Waals surface area contributed by atoms with Gasteiger partial charge >= 0.3 is 0 Å². The van der Waals surface area contributed by atoms with Gasteiger partial charge in [0.25, 0.3) is 5.91 Å². The average Bonchev–Trinajstić information content (AvgIpc) is 3.04. The van der Waals surface area contributed by atoms with Crippen LogP contribution in [0.2, 0.25) is 0 Å². The minimum Gasteiger partial charge on any atom is -0.490 e. The molecular weight excluding hydrogens is 338 g/mol. The highest BCUT2D eigenvalue weighted by molar-refractivity contribution is 6.00. The average molecular weight is 370 g/mol. The molecule has 1 amide bonds. The van der Waals surface area contributed by atoms with Crippen molar-refractivity contribution in [1.82, 2.24) is 14.4 Å². The van der Waals surface area contributed by atoms with Crippen LogP contribution in [0.4, 0.5) is 0 Å². The van der Waals surface area contributed by atoms with E-state index < -0.39 is 0 Å². The van der Waals surface area contributed by atoms with Crippen molar-refractivity contribution in [3.05, 3.63) is 30.0 Å². The van der Waals surface area contributed by atoms with E-state index >= 15 is 0 Å². The maximum atomic E-state index is 12.7. The molecule has 0 saturated carbocycles. The lowest BCUT2D eigenvalue weighted by Crippen LogP contribution is -2.41. The molecule has 1 atom stereocenters. The van der Waals surface area contributed by atoms with Crippen LogP contribution in [0.1, 0.15) is 57.1 Å². The summed E-state index contributed by atoms with van der Waals surface area (Å²) >= 11 is 0. The number of nitrogens with zero attached hydrogens (tertiary/aromatic N) is 3. The Labute approximate surface area is 161 Å². The van der Waals surface area contributed by atoms with Gasteiger partial charge in [-0.25, -0.2) is 0 Å². The van der Waals surface area contributed by atoms with Crippen molar-refractivity contribution in [3.8, 4) is 5.75 Å². The van der Waals surface area contributed by atoms with Crippen molar-refractivity contribution in [2.75, 3.05) is 26.2 Å². The molecule has 1 aromatic carbocycles. The molecular formula is C22H31N3O2. The van der Waals surface area contributed by atoms with Gasteiger partial charge in [0.05, 0.1) is 0 Å². The summed E-state index contributed by atoms with van der Waals surface area (Å²) in [6, 6.07) is 9.21. The first-order valence-electron chi connectivity index (χ1n) is 10.3. The minimum atomic E-state index is 0.135. The van der Waals surface area contributed by atoms with Crippen molar-refractivity contribution < 1.29 is 9.53 Å². The van der Waals surface area contributed by atoms with Crippen LogP contribution in [0.15, 0.2) is 24.3 Å². The maximum Gasteiger partial charge on any atom is 0.270 e. The summed E-state index contributed by atoms with van der Waals surface area (Å²) in [6.07, 6.45) is 2.43. The zero-order chi connectivity index (χ0) is 19.1. The second kappa shape index (κ2) is 7.19. The number of piperidine rings is 1. The minimum absolute atomic E-state index is 0.135. The SMILES string of the molecule is CCN1C[C@@H](C)n2c(cc3cc(OC4CCN(C(C)C)CC4)ccc32)C1=O. The summed E-state index contributed by atoms with van der Waals surface area (Å²) in [5.41, 5.74) is 1.93. The Kier molecular flexibility index (Phi) is 4.89. The van der Waals surface area contributed by atoms with E-state index in [1.807, 2.05) is 17.9 Å². The molecule has 0 N–H and O–H groups in total. The standard InChI is InChI=1S/C22H31N3O2/c1-5-23-14-16(4)25-20-7-6-19(12-17(20)13-21(25)22(23)26)27-18-8-10-24(11-9-18)15(2)3/h6-7,12-13,15-16,18H,5,8-11,14H2,1-4H3/t16-/m1/s1. The van der Waals surface area contributed by atoms with Gasteiger partial charge in [0.1, 0.15) is 17.5 Å². The highest BCUT2D eigenvalue weighted by atomic mass is 16.5. The number of aromatic nitrogens is 1. The lowest BCUT2D eigenvalue weighted by atomic mass is 10.1. The van der Waals surface area contributed by atoms with Gasteiger partial charge in [0.15, 0.2) is 0 Å². The summed E-state index contributed by atoms with van der Waals surface area (Å²) < 4.78 is 8.48. The fourth-order valence-electron chi connectivity index (χ4n) is 4.55. The number of likely N-dealkylation sites (tertiary alicyclic amines) is 1. The summed E-state index contributed by atoms with van der Waals surface area (Å²) in [5, 5.41) is 1.10. The van der Waals surface area contributed by atoms with E-state index in [-0.39, 0.29) is 12.0 Å². The van der Waals surface area contributed by atoms with Crippen molar-refractivity contribution in [2.45, 2.75) is 58.7 Å². The lowest BCUT2D eigenvalue weighted by molar-refractivity contribution is 0.0690. The summed E-state index contributed by atoms with van der Waals surface area (Å²) in [4.78, 5) is 17.2. The van der Waals surface area contributed by atoms with Crippen molar-refractivity contribution >= 4 is 16.8 Å². The van der Waals surface area contributed by atoms with Crippen LogP contribution in [-0.2, 0) is 0 Å². The first-order valence-corrected chi connectivity index (χ1v) is 10.3. The number of benzene rings is 1. The van der Waals surface area contributed by atoms with Gasteiger partial charge in [0, 0.05) is 49.2 Å². The Morgan fingerprint density at radius 1 is 1.19 bits per heavy atom. The Morgan fingerprint density at radius 2 is 1.93 bits per heavy atom. The van der Waals surface area contributed by atoms with E-state index in [0.29, 0.717) is 12.1 Å². The molecule has 27 heavy (non-hydrogen) atoms. The first-order chi connectivity index (χ1) is 13.0. The van der Waals surface area contributed by atoms with E-state index in [2.05, 4.69) is 48.4 Å². The molecule has 2 aromatic rings. The van der Waals surface area contributed by atoms with Crippen LogP contribution in [0.3, 0.4) is 0 Å². The molecule has 3 heterocycles. The second-order valence-corrected chi connectivity index (χ2v) is 8.26. The number of amides is 1. The van der Waals surface area contributed by atoms with Gasteiger partial charge in [-0.05, 0) is 64.8 Å². The van der Waals surface area contributed by atoms with Crippen molar-refractivity contribution in [2.24, 2.45) is 0 Å². The van der Waals surface area contributed by atoms with Crippen LogP contribution in [0, 0.1) is 0 Å². The number of fused-ring (bicyclic) bond motifs is 3. The van der Waals surface area contributed by atoms with E-state index in [0.717, 1.165) is 61.4 Å². The molecule has 1 aromatic heterocycles. The summed E-state index contributed by atoms with van der Waals surface area (Å²) in [5.74, 6) is 1.05. The van der Waals surface area contributed by atoms with Crippen LogP contribution in [0.5, 0.6) is 5.75 Å². The Balaban J connectivity index is 1.55. The van der Waals surface area contributed by atoms with E-state index in [4.69, 9.17) is 4.74 Å². The molecule has 0 spiro atoms. The normalized spacial score (nSPS) is 21.9. The number of hydrogen-bond donors (Lipinski definition) is 0. The van der Waals surface area contributed by atoms with Gasteiger partial charge in [0.2, 0.25) is 0 Å². The zero-order valence-corrected chi connectivity index (χ0v) is 16.9. The van der Waals surface area contributed by atoms with Crippen molar-refractivity contribution in [1.29, 1.82) is 0 Å². The zero-order valence-electron chi connectivity index (χ0n) is 16.9. The predicted octanol–water partition coefficient (Wildman–Crippen LogP) is 3.93. The maximum absolute atomic E-state index is 12.7. The highest BCUT2D eigenvalue weighted by Crippen LogP contribution is 2.32. The van der Waals surface area contributed by atoms with E-state index in [9.17, 15) is 4.79 Å². The molecule has 2 aliphatic rings. The van der Waals surface area contributed by atoms with Crippen molar-refractivity contribution in [3.63, 3.8) is 0 Å². The van der Waals surface area contributed by atoms with Gasteiger partial charge in [-0.1, -0.05) is 0 Å². The molecule has 1 saturated heterocycles.